The largest absolute Gasteiger partial charge is 0.482 e. The van der Waals surface area contributed by atoms with E-state index < -0.39 is 19.3 Å². The molecule has 1 unspecified atom stereocenters. The van der Waals surface area contributed by atoms with Crippen LogP contribution in [0.5, 0.6) is 0 Å². The van der Waals surface area contributed by atoms with Gasteiger partial charge in [-0.15, -0.1) is 0 Å². The SMILES string of the molecule is CC12OP3(=O)OC1(O3)C1CCN2CC1. The van der Waals surface area contributed by atoms with Crippen LogP contribution in [0.2, 0.25) is 0 Å². The van der Waals surface area contributed by atoms with Crippen LogP contribution < -0.4 is 0 Å². The van der Waals surface area contributed by atoms with E-state index in [1.54, 1.807) is 0 Å². The number of fused-ring (bicyclic) bond motifs is 2. The number of phosphoric ester groups is 1. The summed E-state index contributed by atoms with van der Waals surface area (Å²) in [5, 5.41) is 0. The van der Waals surface area contributed by atoms with Gasteiger partial charge in [0, 0.05) is 19.0 Å². The molecule has 6 heterocycles. The quantitative estimate of drug-likeness (QED) is 0.572. The van der Waals surface area contributed by atoms with Crippen molar-refractivity contribution in [3.63, 3.8) is 0 Å². The molecule has 6 heteroatoms. The number of phosphoric acid groups is 1. The van der Waals surface area contributed by atoms with Crippen LogP contribution in [0.1, 0.15) is 19.8 Å². The molecule has 6 saturated heterocycles. The molecule has 0 aromatic rings. The molecule has 6 aliphatic rings. The van der Waals surface area contributed by atoms with Crippen LogP contribution in [0.3, 0.4) is 0 Å². The zero-order valence-electron chi connectivity index (χ0n) is 7.93. The van der Waals surface area contributed by atoms with Crippen molar-refractivity contribution in [3.8, 4) is 0 Å². The monoisotopic (exact) mass is 217 g/mol. The molecule has 6 fully saturated rings. The third kappa shape index (κ3) is 0.614. The fraction of sp³-hybridized carbons (Fsp3) is 1.00. The first-order valence-corrected chi connectivity index (χ1v) is 6.51. The Labute approximate surface area is 81.9 Å². The molecule has 0 aromatic carbocycles. The van der Waals surface area contributed by atoms with Gasteiger partial charge in [-0.1, -0.05) is 0 Å². The van der Waals surface area contributed by atoms with Gasteiger partial charge in [0.05, 0.1) is 0 Å². The first-order valence-electron chi connectivity index (χ1n) is 5.05. The van der Waals surface area contributed by atoms with Crippen molar-refractivity contribution in [2.24, 2.45) is 5.92 Å². The van der Waals surface area contributed by atoms with Crippen molar-refractivity contribution in [1.82, 2.24) is 4.90 Å². The second kappa shape index (κ2) is 1.97. The summed E-state index contributed by atoms with van der Waals surface area (Å²) < 4.78 is 28.0. The summed E-state index contributed by atoms with van der Waals surface area (Å²) in [4.78, 5) is 2.19. The van der Waals surface area contributed by atoms with Crippen LogP contribution in [-0.2, 0) is 18.1 Å². The number of nitrogens with zero attached hydrogens (tertiary/aromatic N) is 1. The van der Waals surface area contributed by atoms with E-state index in [0.29, 0.717) is 5.92 Å². The highest BCUT2D eigenvalue weighted by atomic mass is 31.2. The first-order chi connectivity index (χ1) is 6.58. The van der Waals surface area contributed by atoms with Gasteiger partial charge in [0.2, 0.25) is 5.79 Å². The summed E-state index contributed by atoms with van der Waals surface area (Å²) >= 11 is 0. The molecular formula is C8H12NO4P. The molecule has 1 spiro atoms. The molecule has 0 saturated carbocycles. The van der Waals surface area contributed by atoms with Crippen molar-refractivity contribution in [2.45, 2.75) is 31.3 Å². The van der Waals surface area contributed by atoms with E-state index in [1.165, 1.54) is 0 Å². The van der Waals surface area contributed by atoms with Crippen LogP contribution in [0.25, 0.3) is 0 Å². The molecule has 0 amide bonds. The summed E-state index contributed by atoms with van der Waals surface area (Å²) in [5.41, 5.74) is -0.594. The Morgan fingerprint density at radius 3 is 2.50 bits per heavy atom. The number of rotatable bonds is 0. The molecular weight excluding hydrogens is 205 g/mol. The molecule has 5 nitrogen and oxygen atoms in total. The minimum Gasteiger partial charge on any atom is -0.271 e. The van der Waals surface area contributed by atoms with E-state index >= 15 is 0 Å². The maximum atomic E-state index is 11.7. The van der Waals surface area contributed by atoms with Crippen molar-refractivity contribution in [2.75, 3.05) is 13.1 Å². The highest BCUT2D eigenvalue weighted by Gasteiger charge is 2.83. The smallest absolute Gasteiger partial charge is 0.271 e. The van der Waals surface area contributed by atoms with E-state index in [2.05, 4.69) is 4.90 Å². The van der Waals surface area contributed by atoms with Crippen molar-refractivity contribution in [1.29, 1.82) is 0 Å². The lowest BCUT2D eigenvalue weighted by Gasteiger charge is -2.57. The fourth-order valence-corrected chi connectivity index (χ4v) is 5.39. The predicted molar refractivity (Wildman–Crippen MR) is 46.3 cm³/mol. The summed E-state index contributed by atoms with van der Waals surface area (Å²) in [6.07, 6.45) is 2.11. The average Bonchev–Trinajstić information content (AvgIpc) is 2.50. The molecule has 78 valence electrons. The van der Waals surface area contributed by atoms with Crippen LogP contribution in [0, 0.1) is 5.92 Å². The van der Waals surface area contributed by atoms with Gasteiger partial charge in [-0.3, -0.25) is 9.42 Å². The summed E-state index contributed by atoms with van der Waals surface area (Å²) in [6.45, 7) is 3.93. The van der Waals surface area contributed by atoms with Crippen LogP contribution in [0.4, 0.5) is 0 Å². The van der Waals surface area contributed by atoms with Gasteiger partial charge < -0.3 is 0 Å². The predicted octanol–water partition coefficient (Wildman–Crippen LogP) is 1.31. The molecule has 6 aliphatic heterocycles. The molecule has 0 aliphatic carbocycles. The fourth-order valence-electron chi connectivity index (χ4n) is 3.32. The zero-order chi connectivity index (χ0) is 9.60. The maximum absolute atomic E-state index is 11.7. The van der Waals surface area contributed by atoms with E-state index in [4.69, 9.17) is 13.6 Å². The first kappa shape index (κ1) is 8.25. The lowest BCUT2D eigenvalue weighted by molar-refractivity contribution is -0.319. The van der Waals surface area contributed by atoms with Crippen molar-refractivity contribution >= 4 is 7.82 Å². The minimum absolute atomic E-state index is 0.349. The Hall–Kier alpha value is 0.0700. The molecule has 14 heavy (non-hydrogen) atoms. The lowest BCUT2D eigenvalue weighted by atomic mass is 9.76. The molecule has 6 rings (SSSR count). The van der Waals surface area contributed by atoms with Gasteiger partial charge in [0.1, 0.15) is 0 Å². The highest BCUT2D eigenvalue weighted by Crippen LogP contribution is 2.82. The van der Waals surface area contributed by atoms with Crippen LogP contribution in [-0.4, -0.2) is 29.5 Å². The van der Waals surface area contributed by atoms with Crippen molar-refractivity contribution < 1.29 is 18.1 Å². The van der Waals surface area contributed by atoms with Gasteiger partial charge in [0.15, 0.2) is 5.72 Å². The Morgan fingerprint density at radius 2 is 1.93 bits per heavy atom. The number of piperidine rings is 3. The normalized spacial score (nSPS) is 68.9. The molecule has 0 aromatic heterocycles. The third-order valence-corrected chi connectivity index (χ3v) is 5.64. The van der Waals surface area contributed by atoms with E-state index in [-0.39, 0.29) is 0 Å². The van der Waals surface area contributed by atoms with Gasteiger partial charge in [-0.2, -0.15) is 0 Å². The van der Waals surface area contributed by atoms with Gasteiger partial charge in [0.25, 0.3) is 0 Å². The molecule has 4 bridgehead atoms. The topological polar surface area (TPSA) is 48.0 Å². The average molecular weight is 217 g/mol. The molecule has 0 radical (unpaired) electrons. The van der Waals surface area contributed by atoms with Gasteiger partial charge in [-0.05, 0) is 19.8 Å². The summed E-state index contributed by atoms with van der Waals surface area (Å²) in [5.74, 6) is -0.360. The standard InChI is InChI=1S/C8H12NO4P/c1-7-8(12-14(10,11-7)13-8)6-2-4-9(7)5-3-6/h6H,2-5H2,1H3. The Bertz CT molecular complexity index is 342. The second-order valence-electron chi connectivity index (χ2n) is 4.63. The molecule has 1 atom stereocenters. The second-order valence-corrected chi connectivity index (χ2v) is 6.07. The van der Waals surface area contributed by atoms with Crippen LogP contribution >= 0.6 is 7.82 Å². The lowest BCUT2D eigenvalue weighted by Crippen LogP contribution is -2.72. The Balaban J connectivity index is 1.90. The zero-order valence-corrected chi connectivity index (χ0v) is 8.83. The minimum atomic E-state index is -3.16. The van der Waals surface area contributed by atoms with Gasteiger partial charge >= 0.3 is 7.82 Å². The van der Waals surface area contributed by atoms with Gasteiger partial charge in [-0.25, -0.2) is 13.6 Å². The maximum Gasteiger partial charge on any atom is 0.482 e. The van der Waals surface area contributed by atoms with E-state index in [9.17, 15) is 4.57 Å². The molecule has 0 N–H and O–H groups in total. The van der Waals surface area contributed by atoms with Crippen molar-refractivity contribution in [3.05, 3.63) is 0 Å². The summed E-state index contributed by atoms with van der Waals surface area (Å²) in [6, 6.07) is 0. The Kier molecular flexibility index (Phi) is 1.16. The van der Waals surface area contributed by atoms with E-state index in [0.717, 1.165) is 25.9 Å². The third-order valence-electron chi connectivity index (χ3n) is 4.07. The number of hydrogen-bond acceptors (Lipinski definition) is 5. The number of hydrogen-bond donors (Lipinski definition) is 0. The Morgan fingerprint density at radius 1 is 1.29 bits per heavy atom. The van der Waals surface area contributed by atoms with Crippen LogP contribution in [0.15, 0.2) is 0 Å². The van der Waals surface area contributed by atoms with E-state index in [1.807, 2.05) is 6.92 Å². The highest BCUT2D eigenvalue weighted by molar-refractivity contribution is 7.50. The summed E-state index contributed by atoms with van der Waals surface area (Å²) in [7, 11) is -3.16.